The van der Waals surface area contributed by atoms with Crippen LogP contribution < -0.4 is 11.3 Å². The summed E-state index contributed by atoms with van der Waals surface area (Å²) in [5.41, 5.74) is 5.14. The molecular weight excluding hydrogens is 298 g/mol. The molecule has 0 unspecified atom stereocenters. The minimum atomic E-state index is 0.247. The molecule has 24 heavy (non-hydrogen) atoms. The fourth-order valence-corrected chi connectivity index (χ4v) is 3.17. The van der Waals surface area contributed by atoms with Gasteiger partial charge in [-0.05, 0) is 11.1 Å². The molecule has 0 aliphatic rings. The Bertz CT molecular complexity index is 1080. The molecule has 0 aliphatic carbocycles. The van der Waals surface area contributed by atoms with Crippen molar-refractivity contribution in [1.82, 2.24) is 14.2 Å². The van der Waals surface area contributed by atoms with Crippen LogP contribution in [0.4, 0.5) is 0 Å². The minimum Gasteiger partial charge on any atom is -0.336 e. The number of aromatic nitrogens is 3. The first-order chi connectivity index (χ1) is 11.7. The van der Waals surface area contributed by atoms with Crippen LogP contribution in [0.15, 0.2) is 67.0 Å². The van der Waals surface area contributed by atoms with Gasteiger partial charge >= 0.3 is 0 Å². The quantitative estimate of drug-likeness (QED) is 0.558. The van der Waals surface area contributed by atoms with Crippen LogP contribution in [0.5, 0.6) is 0 Å². The first-order valence-corrected chi connectivity index (χ1v) is 7.69. The van der Waals surface area contributed by atoms with Gasteiger partial charge in [0.15, 0.2) is 5.49 Å². The van der Waals surface area contributed by atoms with E-state index in [0.717, 1.165) is 33.4 Å². The summed E-state index contributed by atoms with van der Waals surface area (Å²) in [6, 6.07) is 20.2. The second-order valence-electron chi connectivity index (χ2n) is 5.71. The molecule has 0 amide bonds. The van der Waals surface area contributed by atoms with Crippen molar-refractivity contribution >= 4 is 11.0 Å². The lowest BCUT2D eigenvalue weighted by molar-refractivity contribution is 0.854. The number of nitrogens with two attached hydrogens (primary N) is 1. The molecule has 4 aromatic rings. The molecule has 5 nitrogen and oxygen atoms in total. The Kier molecular flexibility index (Phi) is 3.20. The summed E-state index contributed by atoms with van der Waals surface area (Å²) in [7, 11) is 1.98. The van der Waals surface area contributed by atoms with Crippen LogP contribution in [0.1, 0.15) is 0 Å². The zero-order chi connectivity index (χ0) is 16.7. The van der Waals surface area contributed by atoms with Gasteiger partial charge in [0.05, 0.1) is 11.1 Å². The average Bonchev–Trinajstić information content (AvgIpc) is 2.93. The highest BCUT2D eigenvalue weighted by Gasteiger charge is 2.20. The number of benzene rings is 2. The van der Waals surface area contributed by atoms with Crippen LogP contribution in [0, 0.1) is 5.41 Å². The van der Waals surface area contributed by atoms with E-state index in [1.54, 1.807) is 0 Å². The van der Waals surface area contributed by atoms with Gasteiger partial charge in [0, 0.05) is 12.6 Å². The van der Waals surface area contributed by atoms with E-state index in [-0.39, 0.29) is 5.49 Å². The van der Waals surface area contributed by atoms with Crippen molar-refractivity contribution in [1.29, 1.82) is 5.41 Å². The van der Waals surface area contributed by atoms with E-state index in [2.05, 4.69) is 29.2 Å². The third-order valence-corrected chi connectivity index (χ3v) is 4.27. The Morgan fingerprint density at radius 2 is 1.50 bits per heavy atom. The molecule has 0 saturated heterocycles. The van der Waals surface area contributed by atoms with E-state index in [4.69, 9.17) is 11.3 Å². The molecule has 2 aromatic carbocycles. The number of nitrogens with one attached hydrogen (secondary N) is 1. The summed E-state index contributed by atoms with van der Waals surface area (Å²) in [6.45, 7) is 0. The Labute approximate surface area is 139 Å². The van der Waals surface area contributed by atoms with Crippen LogP contribution in [0.25, 0.3) is 33.4 Å². The lowest BCUT2D eigenvalue weighted by atomic mass is 9.99. The third-order valence-electron chi connectivity index (χ3n) is 4.27. The first-order valence-electron chi connectivity index (χ1n) is 7.69. The highest BCUT2D eigenvalue weighted by Crippen LogP contribution is 2.37. The summed E-state index contributed by atoms with van der Waals surface area (Å²) in [5, 5.41) is 9.19. The van der Waals surface area contributed by atoms with Crippen molar-refractivity contribution in [2.45, 2.75) is 0 Å². The number of rotatable bonds is 2. The number of fused-ring (bicyclic) bond motifs is 1. The van der Waals surface area contributed by atoms with Crippen LogP contribution in [0.3, 0.4) is 0 Å². The molecule has 0 atom stereocenters. The largest absolute Gasteiger partial charge is 0.336 e. The molecular formula is C19H17N5. The minimum absolute atomic E-state index is 0.247. The molecule has 0 bridgehead atoms. The molecule has 4 rings (SSSR count). The summed E-state index contributed by atoms with van der Waals surface area (Å²) in [5.74, 6) is 5.89. The second kappa shape index (κ2) is 5.38. The van der Waals surface area contributed by atoms with Gasteiger partial charge < -0.3 is 10.4 Å². The van der Waals surface area contributed by atoms with Crippen LogP contribution >= 0.6 is 0 Å². The summed E-state index contributed by atoms with van der Waals surface area (Å²) < 4.78 is 3.29. The maximum Gasteiger partial charge on any atom is 0.156 e. The molecule has 118 valence electrons. The van der Waals surface area contributed by atoms with Crippen molar-refractivity contribution in [3.8, 4) is 22.4 Å². The lowest BCUT2D eigenvalue weighted by Gasteiger charge is -2.08. The Balaban J connectivity index is 2.22. The summed E-state index contributed by atoms with van der Waals surface area (Å²) >= 11 is 0. The van der Waals surface area contributed by atoms with Gasteiger partial charge in [0.25, 0.3) is 0 Å². The maximum absolute atomic E-state index is 8.44. The predicted molar refractivity (Wildman–Crippen MR) is 95.6 cm³/mol. The van der Waals surface area contributed by atoms with Crippen LogP contribution in [0.2, 0.25) is 0 Å². The van der Waals surface area contributed by atoms with Gasteiger partial charge in [0.2, 0.25) is 0 Å². The van der Waals surface area contributed by atoms with Crippen molar-refractivity contribution in [3.63, 3.8) is 0 Å². The molecule has 2 aromatic heterocycles. The maximum atomic E-state index is 8.44. The van der Waals surface area contributed by atoms with E-state index >= 15 is 0 Å². The lowest BCUT2D eigenvalue weighted by Crippen LogP contribution is -2.27. The molecule has 3 N–H and O–H groups in total. The van der Waals surface area contributed by atoms with Crippen molar-refractivity contribution in [2.24, 2.45) is 7.05 Å². The smallest absolute Gasteiger partial charge is 0.156 e. The predicted octanol–water partition coefficient (Wildman–Crippen LogP) is 2.90. The fourth-order valence-electron chi connectivity index (χ4n) is 3.17. The molecule has 0 radical (unpaired) electrons. The van der Waals surface area contributed by atoms with Gasteiger partial charge in [-0.25, -0.2) is 9.66 Å². The van der Waals surface area contributed by atoms with E-state index in [0.29, 0.717) is 0 Å². The Morgan fingerprint density at radius 1 is 0.917 bits per heavy atom. The third kappa shape index (κ3) is 2.02. The molecule has 2 heterocycles. The fraction of sp³-hybridized carbons (Fsp3) is 0.0526. The van der Waals surface area contributed by atoms with E-state index in [1.165, 1.54) is 11.0 Å². The molecule has 5 heteroatoms. The van der Waals surface area contributed by atoms with Gasteiger partial charge in [-0.3, -0.25) is 5.41 Å². The Hall–Kier alpha value is -3.34. The van der Waals surface area contributed by atoms with Crippen molar-refractivity contribution in [2.75, 3.05) is 5.84 Å². The number of nitrogens with zero attached hydrogens (tertiary/aromatic N) is 3. The Morgan fingerprint density at radius 3 is 2.12 bits per heavy atom. The summed E-state index contributed by atoms with van der Waals surface area (Å²) in [4.78, 5) is 4.45. The highest BCUT2D eigenvalue weighted by atomic mass is 15.3. The molecule has 0 saturated carbocycles. The number of aryl methyl sites for hydroxylation is 1. The second-order valence-corrected chi connectivity index (χ2v) is 5.71. The zero-order valence-corrected chi connectivity index (χ0v) is 13.3. The van der Waals surface area contributed by atoms with Gasteiger partial charge in [-0.1, -0.05) is 60.7 Å². The molecule has 0 aliphatic heterocycles. The number of hydrogen-bond acceptors (Lipinski definition) is 3. The number of hydrogen-bond donors (Lipinski definition) is 2. The van der Waals surface area contributed by atoms with E-state index in [9.17, 15) is 0 Å². The van der Waals surface area contributed by atoms with Crippen LogP contribution in [-0.4, -0.2) is 14.2 Å². The van der Waals surface area contributed by atoms with Crippen molar-refractivity contribution < 1.29 is 0 Å². The highest BCUT2D eigenvalue weighted by molar-refractivity contribution is 6.02. The van der Waals surface area contributed by atoms with E-state index in [1.807, 2.05) is 48.0 Å². The first kappa shape index (κ1) is 14.3. The molecule has 0 spiro atoms. The normalized spacial score (nSPS) is 11.0. The topological polar surface area (TPSA) is 72.6 Å². The van der Waals surface area contributed by atoms with Gasteiger partial charge in [0.1, 0.15) is 12.0 Å². The zero-order valence-electron chi connectivity index (χ0n) is 13.3. The van der Waals surface area contributed by atoms with Gasteiger partial charge in [-0.2, -0.15) is 0 Å². The SMILES string of the molecule is Cn1c(-c2ccccc2)c(-c2ccccc2)c2c(=N)n(N)cnc21. The standard InChI is InChI=1S/C19H17N5/c1-23-17(14-10-6-3-7-11-14)15(13-8-4-2-5-9-13)16-18(20)24(21)12-22-19(16)23/h2-12,20H,21H2,1H3. The van der Waals surface area contributed by atoms with Gasteiger partial charge in [-0.15, -0.1) is 0 Å². The monoisotopic (exact) mass is 315 g/mol. The van der Waals surface area contributed by atoms with E-state index < -0.39 is 0 Å². The van der Waals surface area contributed by atoms with Crippen LogP contribution in [-0.2, 0) is 7.05 Å². The summed E-state index contributed by atoms with van der Waals surface area (Å²) in [6.07, 6.45) is 1.48. The number of nitrogen functional groups attached to an aromatic ring is 1. The molecule has 0 fully saturated rings. The average molecular weight is 315 g/mol. The van der Waals surface area contributed by atoms with Crippen molar-refractivity contribution in [3.05, 3.63) is 72.5 Å².